The van der Waals surface area contributed by atoms with Gasteiger partial charge in [-0.1, -0.05) is 19.3 Å². The molecule has 0 bridgehead atoms. The van der Waals surface area contributed by atoms with E-state index in [4.69, 9.17) is 14.1 Å². The number of hydrogen-bond acceptors (Lipinski definition) is 4. The predicted molar refractivity (Wildman–Crippen MR) is 56.5 cm³/mol. The van der Waals surface area contributed by atoms with E-state index in [1.807, 2.05) is 0 Å². The summed E-state index contributed by atoms with van der Waals surface area (Å²) in [4.78, 5) is 8.90. The Bertz CT molecular complexity index is 357. The van der Waals surface area contributed by atoms with E-state index in [2.05, 4.69) is 0 Å². The number of halogens is 3. The summed E-state index contributed by atoms with van der Waals surface area (Å²) in [7, 11) is -3.22. The lowest BCUT2D eigenvalue weighted by Gasteiger charge is -2.19. The molecule has 18 heavy (non-hydrogen) atoms. The van der Waals surface area contributed by atoms with Gasteiger partial charge in [-0.15, -0.1) is 0 Å². The molecular weight excluding hydrogens is 277 g/mol. The van der Waals surface area contributed by atoms with Crippen molar-refractivity contribution in [2.75, 3.05) is 6.26 Å². The minimum Gasteiger partial charge on any atom is -0.475 e. The lowest BCUT2D eigenvalue weighted by Crippen LogP contribution is -2.21. The highest BCUT2D eigenvalue weighted by atomic mass is 32.2. The van der Waals surface area contributed by atoms with Crippen molar-refractivity contribution in [1.29, 1.82) is 0 Å². The minimum absolute atomic E-state index is 0.0428. The van der Waals surface area contributed by atoms with Gasteiger partial charge < -0.3 is 5.11 Å². The molecule has 0 amide bonds. The van der Waals surface area contributed by atoms with Gasteiger partial charge in [0.2, 0.25) is 0 Å². The second-order valence-electron chi connectivity index (χ2n) is 3.86. The molecule has 1 aliphatic carbocycles. The Morgan fingerprint density at radius 3 is 1.89 bits per heavy atom. The van der Waals surface area contributed by atoms with E-state index in [9.17, 15) is 21.6 Å². The molecule has 5 nitrogen and oxygen atoms in total. The Kier molecular flexibility index (Phi) is 6.61. The molecule has 0 heterocycles. The molecule has 1 fully saturated rings. The number of carboxylic acid groups (broad SMARTS) is 1. The van der Waals surface area contributed by atoms with E-state index < -0.39 is 22.3 Å². The first-order chi connectivity index (χ1) is 8.02. The molecule has 0 atom stereocenters. The highest BCUT2D eigenvalue weighted by Crippen LogP contribution is 2.21. The standard InChI is InChI=1S/C7H14O3S.C2HF3O2/c1-11(8,9)10-7-5-3-2-4-6-7;3-2(4,5)1(6)7/h7H,2-6H2,1H3;(H,6,7). The van der Waals surface area contributed by atoms with Crippen LogP contribution >= 0.6 is 0 Å². The molecule has 108 valence electrons. The molecule has 9 heteroatoms. The third-order valence-corrected chi connectivity index (χ3v) is 2.73. The number of hydrogen-bond donors (Lipinski definition) is 1. The van der Waals surface area contributed by atoms with Crippen molar-refractivity contribution in [2.45, 2.75) is 44.4 Å². The van der Waals surface area contributed by atoms with E-state index in [-0.39, 0.29) is 6.10 Å². The maximum atomic E-state index is 10.7. The summed E-state index contributed by atoms with van der Waals surface area (Å²) >= 11 is 0. The fourth-order valence-corrected chi connectivity index (χ4v) is 2.10. The molecule has 0 aliphatic heterocycles. The van der Waals surface area contributed by atoms with Gasteiger partial charge in [0, 0.05) is 0 Å². The molecule has 1 saturated carbocycles. The summed E-state index contributed by atoms with van der Waals surface area (Å²) in [6.45, 7) is 0. The molecule has 0 spiro atoms. The van der Waals surface area contributed by atoms with Gasteiger partial charge >= 0.3 is 12.1 Å². The number of rotatable bonds is 2. The summed E-state index contributed by atoms with van der Waals surface area (Å²) in [5.74, 6) is -2.76. The lowest BCUT2D eigenvalue weighted by molar-refractivity contribution is -0.192. The first kappa shape index (κ1) is 17.2. The molecule has 1 rings (SSSR count). The molecule has 0 aromatic carbocycles. The number of aliphatic carboxylic acids is 1. The zero-order valence-electron chi connectivity index (χ0n) is 9.74. The van der Waals surface area contributed by atoms with Gasteiger partial charge in [0.05, 0.1) is 12.4 Å². The first-order valence-electron chi connectivity index (χ1n) is 5.21. The SMILES string of the molecule is CS(=O)(=O)OC1CCCCC1.O=C(O)C(F)(F)F. The van der Waals surface area contributed by atoms with Crippen molar-refractivity contribution >= 4 is 16.1 Å². The van der Waals surface area contributed by atoms with Crippen molar-refractivity contribution in [3.8, 4) is 0 Å². The Morgan fingerprint density at radius 2 is 1.61 bits per heavy atom. The van der Waals surface area contributed by atoms with Crippen LogP contribution in [0.3, 0.4) is 0 Å². The summed E-state index contributed by atoms with van der Waals surface area (Å²) < 4.78 is 57.9. The third kappa shape index (κ3) is 9.23. The van der Waals surface area contributed by atoms with E-state index in [0.717, 1.165) is 31.9 Å². The van der Waals surface area contributed by atoms with Crippen LogP contribution in [0.4, 0.5) is 13.2 Å². The van der Waals surface area contributed by atoms with Gasteiger partial charge in [-0.3, -0.25) is 4.18 Å². The largest absolute Gasteiger partial charge is 0.490 e. The maximum absolute atomic E-state index is 10.7. The van der Waals surface area contributed by atoms with Gasteiger partial charge in [-0.05, 0) is 12.8 Å². The van der Waals surface area contributed by atoms with E-state index in [1.54, 1.807) is 0 Å². The summed E-state index contributed by atoms with van der Waals surface area (Å²) in [6, 6.07) is 0. The summed E-state index contributed by atoms with van der Waals surface area (Å²) in [5, 5.41) is 7.12. The van der Waals surface area contributed by atoms with Crippen LogP contribution in [0.25, 0.3) is 0 Å². The van der Waals surface area contributed by atoms with Gasteiger partial charge in [-0.25, -0.2) is 4.79 Å². The molecule has 0 unspecified atom stereocenters. The third-order valence-electron chi connectivity index (χ3n) is 2.11. The van der Waals surface area contributed by atoms with Crippen LogP contribution in [-0.2, 0) is 19.1 Å². The van der Waals surface area contributed by atoms with Gasteiger partial charge in [0.1, 0.15) is 0 Å². The van der Waals surface area contributed by atoms with Crippen molar-refractivity contribution in [1.82, 2.24) is 0 Å². The van der Waals surface area contributed by atoms with Crippen LogP contribution in [0.5, 0.6) is 0 Å². The zero-order chi connectivity index (χ0) is 14.4. The molecule has 0 aromatic rings. The average molecular weight is 292 g/mol. The minimum atomic E-state index is -5.08. The number of carbonyl (C=O) groups is 1. The lowest BCUT2D eigenvalue weighted by atomic mass is 9.98. The summed E-state index contributed by atoms with van der Waals surface area (Å²) in [6.07, 6.45) is 1.19. The number of carboxylic acids is 1. The van der Waals surface area contributed by atoms with Crippen molar-refractivity contribution in [2.24, 2.45) is 0 Å². The molecule has 1 N–H and O–H groups in total. The molecule has 0 radical (unpaired) electrons. The van der Waals surface area contributed by atoms with Crippen molar-refractivity contribution in [3.63, 3.8) is 0 Å². The second kappa shape index (κ2) is 6.93. The first-order valence-corrected chi connectivity index (χ1v) is 7.02. The van der Waals surface area contributed by atoms with E-state index in [1.165, 1.54) is 6.42 Å². The van der Waals surface area contributed by atoms with Crippen LogP contribution in [0.1, 0.15) is 32.1 Å². The highest BCUT2D eigenvalue weighted by molar-refractivity contribution is 7.86. The van der Waals surface area contributed by atoms with Crippen LogP contribution < -0.4 is 0 Å². The zero-order valence-corrected chi connectivity index (χ0v) is 10.6. The normalized spacial score (nSPS) is 17.8. The summed E-state index contributed by atoms with van der Waals surface area (Å²) in [5.41, 5.74) is 0. The predicted octanol–water partition coefficient (Wildman–Crippen LogP) is 1.93. The Morgan fingerprint density at radius 1 is 1.22 bits per heavy atom. The van der Waals surface area contributed by atoms with E-state index >= 15 is 0 Å². The molecule has 0 aromatic heterocycles. The quantitative estimate of drug-likeness (QED) is 0.786. The smallest absolute Gasteiger partial charge is 0.475 e. The topological polar surface area (TPSA) is 80.7 Å². The second-order valence-corrected chi connectivity index (χ2v) is 5.46. The Hall–Kier alpha value is -0.830. The van der Waals surface area contributed by atoms with Gasteiger partial charge in [-0.2, -0.15) is 21.6 Å². The van der Waals surface area contributed by atoms with Crippen LogP contribution in [0, 0.1) is 0 Å². The van der Waals surface area contributed by atoms with Crippen molar-refractivity contribution < 1.29 is 35.7 Å². The average Bonchev–Trinajstić information content (AvgIpc) is 2.15. The molecular formula is C9H15F3O5S. The molecule has 0 saturated heterocycles. The number of alkyl halides is 3. The van der Waals surface area contributed by atoms with E-state index in [0.29, 0.717) is 0 Å². The van der Waals surface area contributed by atoms with Crippen molar-refractivity contribution in [3.05, 3.63) is 0 Å². The molecule has 1 aliphatic rings. The monoisotopic (exact) mass is 292 g/mol. The van der Waals surface area contributed by atoms with Gasteiger partial charge in [0.15, 0.2) is 0 Å². The van der Waals surface area contributed by atoms with Crippen LogP contribution in [0.15, 0.2) is 0 Å². The fraction of sp³-hybridized carbons (Fsp3) is 0.889. The van der Waals surface area contributed by atoms with Crippen LogP contribution in [0.2, 0.25) is 0 Å². The van der Waals surface area contributed by atoms with Gasteiger partial charge in [0.25, 0.3) is 10.1 Å². The Balaban J connectivity index is 0.000000360. The van der Waals surface area contributed by atoms with Crippen LogP contribution in [-0.4, -0.2) is 38.0 Å². The Labute approximate surface area is 103 Å². The maximum Gasteiger partial charge on any atom is 0.490 e. The highest BCUT2D eigenvalue weighted by Gasteiger charge is 2.38. The fourth-order valence-electron chi connectivity index (χ4n) is 1.41.